The number of carbonyl (C=O) groups excluding carboxylic acids is 1. The van der Waals surface area contributed by atoms with Crippen molar-refractivity contribution in [1.29, 1.82) is 0 Å². The Morgan fingerprint density at radius 3 is 2.74 bits per heavy atom. The van der Waals surface area contributed by atoms with E-state index in [0.29, 0.717) is 5.82 Å². The van der Waals surface area contributed by atoms with E-state index in [9.17, 15) is 9.59 Å². The molecule has 1 heterocycles. The fraction of sp³-hybridized carbons (Fsp3) is 0.154. The van der Waals surface area contributed by atoms with Crippen LogP contribution >= 0.6 is 0 Å². The molecule has 0 saturated carbocycles. The Morgan fingerprint density at radius 1 is 1.37 bits per heavy atom. The number of hydrogen-bond donors (Lipinski definition) is 2. The molecular weight excluding hydrogens is 246 g/mol. The average Bonchev–Trinajstić information content (AvgIpc) is 2.75. The molecule has 0 aliphatic carbocycles. The quantitative estimate of drug-likeness (QED) is 0.866. The molecule has 0 aliphatic heterocycles. The van der Waals surface area contributed by atoms with E-state index in [1.54, 1.807) is 42.2 Å². The third-order valence-corrected chi connectivity index (χ3v) is 2.67. The fourth-order valence-electron chi connectivity index (χ4n) is 1.68. The summed E-state index contributed by atoms with van der Waals surface area (Å²) in [7, 11) is 1.79. The van der Waals surface area contributed by atoms with Crippen molar-refractivity contribution in [2.75, 3.05) is 5.32 Å². The summed E-state index contributed by atoms with van der Waals surface area (Å²) < 4.78 is 1.74. The summed E-state index contributed by atoms with van der Waals surface area (Å²) in [5.41, 5.74) is 0.352. The predicted molar refractivity (Wildman–Crippen MR) is 68.9 cm³/mol. The first-order valence-electron chi connectivity index (χ1n) is 5.66. The van der Waals surface area contributed by atoms with Crippen molar-refractivity contribution in [3.63, 3.8) is 0 Å². The van der Waals surface area contributed by atoms with Gasteiger partial charge >= 0.3 is 5.97 Å². The number of imidazole rings is 1. The molecule has 6 nitrogen and oxygen atoms in total. The summed E-state index contributed by atoms with van der Waals surface area (Å²) in [5, 5.41) is 11.6. The molecule has 0 radical (unpaired) electrons. The molecule has 1 aromatic carbocycles. The van der Waals surface area contributed by atoms with E-state index in [0.717, 1.165) is 0 Å². The molecule has 0 aliphatic rings. The van der Waals surface area contributed by atoms with Crippen LogP contribution in [0.2, 0.25) is 0 Å². The first kappa shape index (κ1) is 12.8. The molecule has 0 unspecified atom stereocenters. The van der Waals surface area contributed by atoms with E-state index in [-0.39, 0.29) is 23.6 Å². The highest BCUT2D eigenvalue weighted by atomic mass is 16.4. The highest BCUT2D eigenvalue weighted by Crippen LogP contribution is 2.15. The van der Waals surface area contributed by atoms with E-state index < -0.39 is 5.97 Å². The maximum atomic E-state index is 11.8. The lowest BCUT2D eigenvalue weighted by Gasteiger charge is -2.08. The molecule has 0 saturated heterocycles. The summed E-state index contributed by atoms with van der Waals surface area (Å²) in [4.78, 5) is 26.9. The molecule has 2 N–H and O–H groups in total. The monoisotopic (exact) mass is 259 g/mol. The van der Waals surface area contributed by atoms with Gasteiger partial charge in [-0.25, -0.2) is 9.78 Å². The Hall–Kier alpha value is -2.63. The number of aromatic carboxylic acids is 1. The van der Waals surface area contributed by atoms with Crippen LogP contribution in [0.4, 0.5) is 5.69 Å². The number of nitrogens with zero attached hydrogens (tertiary/aromatic N) is 2. The topological polar surface area (TPSA) is 84.2 Å². The van der Waals surface area contributed by atoms with Crippen LogP contribution in [-0.2, 0) is 18.3 Å². The lowest BCUT2D eigenvalue weighted by Crippen LogP contribution is -2.18. The van der Waals surface area contributed by atoms with Crippen molar-refractivity contribution < 1.29 is 14.7 Å². The zero-order chi connectivity index (χ0) is 13.8. The third-order valence-electron chi connectivity index (χ3n) is 2.67. The number of para-hydroxylation sites is 1. The van der Waals surface area contributed by atoms with Gasteiger partial charge in [0.05, 0.1) is 17.7 Å². The summed E-state index contributed by atoms with van der Waals surface area (Å²) in [6.45, 7) is 0. The molecule has 0 bridgehead atoms. The number of nitrogens with one attached hydrogen (secondary N) is 1. The molecule has 0 fully saturated rings. The van der Waals surface area contributed by atoms with Crippen molar-refractivity contribution >= 4 is 17.6 Å². The number of amides is 1. The van der Waals surface area contributed by atoms with Gasteiger partial charge in [-0.3, -0.25) is 4.79 Å². The second-order valence-electron chi connectivity index (χ2n) is 4.03. The number of carboxylic acid groups (broad SMARTS) is 1. The number of carbonyl (C=O) groups is 2. The van der Waals surface area contributed by atoms with Crippen LogP contribution in [0.25, 0.3) is 0 Å². The summed E-state index contributed by atoms with van der Waals surface area (Å²) in [6.07, 6.45) is 3.44. The van der Waals surface area contributed by atoms with Crippen molar-refractivity contribution in [3.8, 4) is 0 Å². The van der Waals surface area contributed by atoms with Crippen molar-refractivity contribution in [1.82, 2.24) is 9.55 Å². The van der Waals surface area contributed by atoms with Gasteiger partial charge in [0.25, 0.3) is 0 Å². The Morgan fingerprint density at radius 2 is 2.11 bits per heavy atom. The Bertz CT molecular complexity index is 619. The smallest absolute Gasteiger partial charge is 0.337 e. The Balaban J connectivity index is 2.11. The van der Waals surface area contributed by atoms with Crippen LogP contribution in [0.3, 0.4) is 0 Å². The van der Waals surface area contributed by atoms with Crippen LogP contribution in [0.15, 0.2) is 36.7 Å². The maximum Gasteiger partial charge on any atom is 0.337 e. The highest BCUT2D eigenvalue weighted by molar-refractivity contribution is 6.00. The number of benzene rings is 1. The van der Waals surface area contributed by atoms with Gasteiger partial charge in [-0.2, -0.15) is 0 Å². The van der Waals surface area contributed by atoms with E-state index >= 15 is 0 Å². The zero-order valence-corrected chi connectivity index (χ0v) is 10.3. The third kappa shape index (κ3) is 2.98. The minimum atomic E-state index is -1.08. The van der Waals surface area contributed by atoms with Crippen molar-refractivity contribution in [2.45, 2.75) is 6.42 Å². The largest absolute Gasteiger partial charge is 0.478 e. The summed E-state index contributed by atoms with van der Waals surface area (Å²) >= 11 is 0. The van der Waals surface area contributed by atoms with Crippen LogP contribution in [-0.4, -0.2) is 26.5 Å². The number of aryl methyl sites for hydroxylation is 1. The van der Waals surface area contributed by atoms with Gasteiger partial charge in [0.2, 0.25) is 5.91 Å². The van der Waals surface area contributed by atoms with Crippen molar-refractivity contribution in [3.05, 3.63) is 48.0 Å². The molecule has 6 heteroatoms. The Labute approximate surface area is 109 Å². The molecule has 1 aromatic heterocycles. The van der Waals surface area contributed by atoms with Gasteiger partial charge in [-0.1, -0.05) is 12.1 Å². The normalized spacial score (nSPS) is 10.2. The fourth-order valence-corrected chi connectivity index (χ4v) is 1.68. The molecule has 0 spiro atoms. The molecule has 0 atom stereocenters. The second-order valence-corrected chi connectivity index (χ2v) is 4.03. The molecule has 19 heavy (non-hydrogen) atoms. The van der Waals surface area contributed by atoms with E-state index in [1.807, 2.05) is 0 Å². The number of carboxylic acids is 1. The van der Waals surface area contributed by atoms with Crippen LogP contribution in [0.5, 0.6) is 0 Å². The number of rotatable bonds is 4. The zero-order valence-electron chi connectivity index (χ0n) is 10.3. The molecule has 98 valence electrons. The van der Waals surface area contributed by atoms with Gasteiger partial charge in [0.1, 0.15) is 5.82 Å². The van der Waals surface area contributed by atoms with E-state index in [1.165, 1.54) is 6.07 Å². The Kier molecular flexibility index (Phi) is 3.61. The van der Waals surface area contributed by atoms with E-state index in [2.05, 4.69) is 10.3 Å². The molecular formula is C13H13N3O3. The number of anilines is 1. The number of hydrogen-bond acceptors (Lipinski definition) is 3. The standard InChI is InChI=1S/C13H13N3O3/c1-16-7-6-14-11(16)8-12(17)15-10-5-3-2-4-9(10)13(18)19/h2-7H,8H2,1H3,(H,15,17)(H,18,19). The maximum absolute atomic E-state index is 11.8. The first-order chi connectivity index (χ1) is 9.08. The van der Waals surface area contributed by atoms with Gasteiger partial charge in [-0.15, -0.1) is 0 Å². The van der Waals surface area contributed by atoms with Crippen LogP contribution in [0.1, 0.15) is 16.2 Å². The number of aromatic nitrogens is 2. The average molecular weight is 259 g/mol. The van der Waals surface area contributed by atoms with Gasteiger partial charge in [0.15, 0.2) is 0 Å². The predicted octanol–water partition coefficient (Wildman–Crippen LogP) is 1.30. The first-order valence-corrected chi connectivity index (χ1v) is 5.66. The lowest BCUT2D eigenvalue weighted by atomic mass is 10.2. The van der Waals surface area contributed by atoms with E-state index in [4.69, 9.17) is 5.11 Å². The molecule has 2 rings (SSSR count). The lowest BCUT2D eigenvalue weighted by molar-refractivity contribution is -0.115. The second kappa shape index (κ2) is 5.34. The minimum absolute atomic E-state index is 0.0655. The van der Waals surface area contributed by atoms with Crippen LogP contribution in [0, 0.1) is 0 Å². The van der Waals surface area contributed by atoms with Gasteiger partial charge < -0.3 is 15.0 Å². The molecule has 2 aromatic rings. The summed E-state index contributed by atoms with van der Waals surface area (Å²) in [5.74, 6) is -0.763. The van der Waals surface area contributed by atoms with Gasteiger partial charge in [0, 0.05) is 19.4 Å². The summed E-state index contributed by atoms with van der Waals surface area (Å²) in [6, 6.07) is 6.28. The minimum Gasteiger partial charge on any atom is -0.478 e. The van der Waals surface area contributed by atoms with Crippen LogP contribution < -0.4 is 5.32 Å². The SMILES string of the molecule is Cn1ccnc1CC(=O)Nc1ccccc1C(=O)O. The van der Waals surface area contributed by atoms with Gasteiger partial charge in [-0.05, 0) is 12.1 Å². The van der Waals surface area contributed by atoms with Crippen molar-refractivity contribution in [2.24, 2.45) is 7.05 Å². The molecule has 1 amide bonds. The highest BCUT2D eigenvalue weighted by Gasteiger charge is 2.13.